The molecule has 1 atom stereocenters. The highest BCUT2D eigenvalue weighted by molar-refractivity contribution is 5.79. The van der Waals surface area contributed by atoms with Gasteiger partial charge in [0.2, 0.25) is 0 Å². The maximum Gasteiger partial charge on any atom is 0.252 e. The fourth-order valence-corrected chi connectivity index (χ4v) is 5.42. The summed E-state index contributed by atoms with van der Waals surface area (Å²) in [4.78, 5) is 18.7. The van der Waals surface area contributed by atoms with E-state index >= 15 is 0 Å². The average Bonchev–Trinajstić information content (AvgIpc) is 3.55. The maximum absolute atomic E-state index is 13.1. The summed E-state index contributed by atoms with van der Waals surface area (Å²) in [5, 5.41) is 13.9. The second-order valence-corrected chi connectivity index (χ2v) is 9.76. The summed E-state index contributed by atoms with van der Waals surface area (Å²) in [7, 11) is 0. The molecular formula is C27H34N6O2. The second kappa shape index (κ2) is 10.6. The highest BCUT2D eigenvalue weighted by atomic mass is 16.3. The molecule has 184 valence electrons. The Morgan fingerprint density at radius 1 is 1.20 bits per heavy atom. The first-order chi connectivity index (χ1) is 17.1. The molecule has 8 heteroatoms. The Morgan fingerprint density at radius 3 is 2.83 bits per heavy atom. The van der Waals surface area contributed by atoms with Gasteiger partial charge in [-0.2, -0.15) is 0 Å². The van der Waals surface area contributed by atoms with Crippen LogP contribution in [0.15, 0.2) is 51.9 Å². The number of aromatic amines is 1. The van der Waals surface area contributed by atoms with Crippen molar-refractivity contribution in [2.75, 3.05) is 0 Å². The summed E-state index contributed by atoms with van der Waals surface area (Å²) in [5.74, 6) is 1.65. The topological polar surface area (TPSA) is 92.8 Å². The van der Waals surface area contributed by atoms with Crippen molar-refractivity contribution in [1.29, 1.82) is 0 Å². The minimum absolute atomic E-state index is 0.0145. The summed E-state index contributed by atoms with van der Waals surface area (Å²) in [5.41, 5.74) is 2.83. The third kappa shape index (κ3) is 5.22. The number of hydrogen-bond acceptors (Lipinski definition) is 6. The lowest BCUT2D eigenvalue weighted by atomic mass is 9.91. The van der Waals surface area contributed by atoms with Crippen LogP contribution < -0.4 is 5.56 Å². The van der Waals surface area contributed by atoms with Crippen LogP contribution in [0.1, 0.15) is 80.6 Å². The largest absolute Gasteiger partial charge is 0.467 e. The first kappa shape index (κ1) is 23.5. The van der Waals surface area contributed by atoms with Crippen molar-refractivity contribution in [1.82, 2.24) is 30.1 Å². The van der Waals surface area contributed by atoms with E-state index in [4.69, 9.17) is 4.42 Å². The van der Waals surface area contributed by atoms with Gasteiger partial charge in [0.05, 0.1) is 12.3 Å². The van der Waals surface area contributed by atoms with Gasteiger partial charge in [-0.15, -0.1) is 5.10 Å². The van der Waals surface area contributed by atoms with Crippen molar-refractivity contribution >= 4 is 10.9 Å². The first-order valence-electron chi connectivity index (χ1n) is 12.8. The van der Waals surface area contributed by atoms with Gasteiger partial charge in [0.15, 0.2) is 5.82 Å². The zero-order valence-electron chi connectivity index (χ0n) is 20.6. The molecule has 0 unspecified atom stereocenters. The van der Waals surface area contributed by atoms with E-state index in [-0.39, 0.29) is 11.6 Å². The molecule has 1 aromatic carbocycles. The molecule has 3 heterocycles. The molecule has 0 amide bonds. The van der Waals surface area contributed by atoms with Crippen LogP contribution in [0.4, 0.5) is 0 Å². The minimum atomic E-state index is -0.0208. The lowest BCUT2D eigenvalue weighted by molar-refractivity contribution is 0.0811. The molecule has 0 bridgehead atoms. The molecule has 3 aromatic heterocycles. The average molecular weight is 475 g/mol. The molecule has 0 aliphatic heterocycles. The Bertz CT molecular complexity index is 1300. The van der Waals surface area contributed by atoms with Crippen molar-refractivity contribution < 1.29 is 4.42 Å². The second-order valence-electron chi connectivity index (χ2n) is 9.76. The van der Waals surface area contributed by atoms with Crippen LogP contribution in [-0.2, 0) is 13.1 Å². The predicted octanol–water partition coefficient (Wildman–Crippen LogP) is 5.14. The van der Waals surface area contributed by atoms with Crippen molar-refractivity contribution in [2.24, 2.45) is 0 Å². The van der Waals surface area contributed by atoms with Crippen molar-refractivity contribution in [3.8, 4) is 0 Å². The summed E-state index contributed by atoms with van der Waals surface area (Å²) in [6.45, 7) is 5.33. The summed E-state index contributed by atoms with van der Waals surface area (Å²) >= 11 is 0. The van der Waals surface area contributed by atoms with Gasteiger partial charge in [-0.05, 0) is 72.3 Å². The Kier molecular flexibility index (Phi) is 7.08. The Morgan fingerprint density at radius 2 is 2.06 bits per heavy atom. The lowest BCUT2D eigenvalue weighted by Crippen LogP contribution is -2.41. The van der Waals surface area contributed by atoms with Crippen LogP contribution in [-0.4, -0.2) is 36.1 Å². The molecule has 8 nitrogen and oxygen atoms in total. The van der Waals surface area contributed by atoms with Crippen LogP contribution in [0.5, 0.6) is 0 Å². The highest BCUT2D eigenvalue weighted by Gasteiger charge is 2.32. The number of hydrogen-bond donors (Lipinski definition) is 1. The molecule has 4 aromatic rings. The van der Waals surface area contributed by atoms with Gasteiger partial charge in [-0.1, -0.05) is 44.2 Å². The number of furan rings is 1. The molecule has 0 saturated heterocycles. The number of fused-ring (bicyclic) bond motifs is 1. The van der Waals surface area contributed by atoms with Crippen LogP contribution in [0.2, 0.25) is 0 Å². The fraction of sp³-hybridized carbons (Fsp3) is 0.481. The van der Waals surface area contributed by atoms with Crippen LogP contribution >= 0.6 is 0 Å². The van der Waals surface area contributed by atoms with Gasteiger partial charge in [0, 0.05) is 23.7 Å². The molecule has 1 fully saturated rings. The van der Waals surface area contributed by atoms with Gasteiger partial charge in [0.25, 0.3) is 5.56 Å². The molecule has 1 aliphatic rings. The van der Waals surface area contributed by atoms with E-state index in [9.17, 15) is 4.79 Å². The summed E-state index contributed by atoms with van der Waals surface area (Å²) in [6, 6.07) is 12.4. The third-order valence-electron chi connectivity index (χ3n) is 7.18. The van der Waals surface area contributed by atoms with Crippen LogP contribution in [0.3, 0.4) is 0 Å². The van der Waals surface area contributed by atoms with E-state index in [2.05, 4.69) is 51.4 Å². The van der Waals surface area contributed by atoms with Crippen molar-refractivity contribution in [2.45, 2.75) is 84.0 Å². The number of benzene rings is 1. The lowest BCUT2D eigenvalue weighted by Gasteiger charge is -2.39. The molecule has 0 radical (unpaired) electrons. The van der Waals surface area contributed by atoms with E-state index < -0.39 is 0 Å². The Hall–Kier alpha value is -3.26. The normalized spacial score (nSPS) is 15.7. The van der Waals surface area contributed by atoms with E-state index in [1.54, 1.807) is 6.26 Å². The molecule has 0 spiro atoms. The van der Waals surface area contributed by atoms with Gasteiger partial charge in [-0.25, -0.2) is 4.68 Å². The van der Waals surface area contributed by atoms with Crippen LogP contribution in [0, 0.1) is 6.92 Å². The number of tetrazole rings is 1. The van der Waals surface area contributed by atoms with Crippen LogP contribution in [0.25, 0.3) is 10.9 Å². The third-order valence-corrected chi connectivity index (χ3v) is 7.18. The van der Waals surface area contributed by atoms with Crippen molar-refractivity contribution in [3.05, 3.63) is 75.7 Å². The maximum atomic E-state index is 13.1. The zero-order valence-corrected chi connectivity index (χ0v) is 20.6. The fourth-order valence-electron chi connectivity index (χ4n) is 5.42. The van der Waals surface area contributed by atoms with Gasteiger partial charge in [0.1, 0.15) is 12.3 Å². The quantitative estimate of drug-likeness (QED) is 0.361. The smallest absolute Gasteiger partial charge is 0.252 e. The predicted molar refractivity (Wildman–Crippen MR) is 135 cm³/mol. The Labute approximate surface area is 205 Å². The number of nitrogens with one attached hydrogen (secondary N) is 1. The molecule has 5 rings (SSSR count). The minimum Gasteiger partial charge on any atom is -0.467 e. The van der Waals surface area contributed by atoms with E-state index in [1.165, 1.54) is 24.8 Å². The molecule has 1 N–H and O–H groups in total. The number of aromatic nitrogens is 5. The molecular weight excluding hydrogens is 440 g/mol. The molecule has 1 aliphatic carbocycles. The number of H-pyrrole nitrogens is 1. The van der Waals surface area contributed by atoms with E-state index in [1.807, 2.05) is 28.9 Å². The number of aryl methyl sites for hydroxylation is 1. The number of nitrogens with zero attached hydrogens (tertiary/aromatic N) is 5. The van der Waals surface area contributed by atoms with Gasteiger partial charge in [-0.3, -0.25) is 9.69 Å². The molecule has 35 heavy (non-hydrogen) atoms. The standard InChI is InChI=1S/C27H34N6O2/c1-3-8-25(26-29-30-31-33(26)18-23-11-7-14-35-23)32(22-9-5-4-6-10-22)17-21-16-20-15-19(2)12-13-24(20)28-27(21)34/h7,11-16,22,25H,3-6,8-10,17-18H2,1-2H3,(H,28,34)/t25-/m1/s1. The SMILES string of the molecule is CCC[C@H](c1nnnn1Cc1ccco1)N(Cc1cc2cc(C)ccc2[nH]c1=O)C1CCCCC1. The van der Waals surface area contributed by atoms with Crippen molar-refractivity contribution in [3.63, 3.8) is 0 Å². The number of pyridine rings is 1. The molecule has 1 saturated carbocycles. The van der Waals surface area contributed by atoms with E-state index in [0.717, 1.165) is 53.7 Å². The van der Waals surface area contributed by atoms with Gasteiger partial charge < -0.3 is 9.40 Å². The Balaban J connectivity index is 1.53. The highest BCUT2D eigenvalue weighted by Crippen LogP contribution is 2.34. The monoisotopic (exact) mass is 474 g/mol. The van der Waals surface area contributed by atoms with Gasteiger partial charge >= 0.3 is 0 Å². The number of rotatable bonds is 9. The zero-order chi connectivity index (χ0) is 24.2. The summed E-state index contributed by atoms with van der Waals surface area (Å²) in [6.07, 6.45) is 9.54. The summed E-state index contributed by atoms with van der Waals surface area (Å²) < 4.78 is 7.41. The first-order valence-corrected chi connectivity index (χ1v) is 12.8. The van der Waals surface area contributed by atoms with E-state index in [0.29, 0.717) is 19.1 Å².